The monoisotopic (exact) mass is 165 g/mol. The lowest BCUT2D eigenvalue weighted by Gasteiger charge is -2.04. The van der Waals surface area contributed by atoms with Crippen molar-refractivity contribution in [3.8, 4) is 0 Å². The van der Waals surface area contributed by atoms with Gasteiger partial charge in [-0.15, -0.1) is 0 Å². The summed E-state index contributed by atoms with van der Waals surface area (Å²) in [5.74, 6) is 3.15. The quantitative estimate of drug-likeness (QED) is 0.669. The van der Waals surface area contributed by atoms with Gasteiger partial charge in [0.2, 0.25) is 0 Å². The molecule has 0 saturated carbocycles. The van der Waals surface area contributed by atoms with E-state index in [1.807, 2.05) is 13.8 Å². The van der Waals surface area contributed by atoms with Gasteiger partial charge in [-0.05, 0) is 19.8 Å². The fourth-order valence-electron chi connectivity index (χ4n) is 1.14. The van der Waals surface area contributed by atoms with E-state index < -0.39 is 0 Å². The fraction of sp³-hybridized carbons (Fsp3) is 0.667. The average Bonchev–Trinajstić information content (AvgIpc) is 1.81. The van der Waals surface area contributed by atoms with Gasteiger partial charge in [-0.2, -0.15) is 0 Å². The van der Waals surface area contributed by atoms with Gasteiger partial charge in [0.1, 0.15) is 17.5 Å². The molecule has 1 aromatic rings. The molecule has 0 aliphatic heterocycles. The van der Waals surface area contributed by atoms with Crippen LogP contribution in [0.2, 0.25) is 0 Å². The van der Waals surface area contributed by atoms with Gasteiger partial charge in [0.25, 0.3) is 0 Å². The topological polar surface area (TPSA) is 38.7 Å². The molecule has 0 N–H and O–H groups in total. The Morgan fingerprint density at radius 2 is 1.50 bits per heavy atom. The summed E-state index contributed by atoms with van der Waals surface area (Å²) >= 11 is 0. The molecule has 1 aromatic heterocycles. The highest BCUT2D eigenvalue weighted by Crippen LogP contribution is 2.02. The van der Waals surface area contributed by atoms with E-state index in [-0.39, 0.29) is 0 Å². The summed E-state index contributed by atoms with van der Waals surface area (Å²) in [7, 11) is 0. The van der Waals surface area contributed by atoms with E-state index in [1.165, 1.54) is 0 Å². The molecular weight excluding hydrogens is 150 g/mol. The number of hydrogen-bond donors (Lipinski definition) is 0. The standard InChI is InChI=1S/C9H15N3/c1-6(2)5-9-11-7(3)10-8(4)12-9/h6H,5H2,1-4H3. The number of rotatable bonds is 2. The average molecular weight is 165 g/mol. The molecule has 3 nitrogen and oxygen atoms in total. The molecule has 0 saturated heterocycles. The molecule has 1 heterocycles. The summed E-state index contributed by atoms with van der Waals surface area (Å²) in [4.78, 5) is 12.6. The predicted molar refractivity (Wildman–Crippen MR) is 47.8 cm³/mol. The van der Waals surface area contributed by atoms with Crippen LogP contribution in [0.25, 0.3) is 0 Å². The van der Waals surface area contributed by atoms with E-state index in [9.17, 15) is 0 Å². The lowest BCUT2D eigenvalue weighted by atomic mass is 10.1. The first-order chi connectivity index (χ1) is 5.58. The molecule has 0 aliphatic carbocycles. The second-order valence-corrected chi connectivity index (χ2v) is 3.44. The van der Waals surface area contributed by atoms with Crippen molar-refractivity contribution in [3.05, 3.63) is 17.5 Å². The maximum Gasteiger partial charge on any atom is 0.132 e. The first-order valence-corrected chi connectivity index (χ1v) is 4.26. The van der Waals surface area contributed by atoms with E-state index >= 15 is 0 Å². The third-order valence-corrected chi connectivity index (χ3v) is 1.50. The van der Waals surface area contributed by atoms with Crippen molar-refractivity contribution in [3.63, 3.8) is 0 Å². The predicted octanol–water partition coefficient (Wildman–Crippen LogP) is 1.69. The van der Waals surface area contributed by atoms with Gasteiger partial charge in [-0.25, -0.2) is 15.0 Å². The molecule has 0 aliphatic rings. The minimum absolute atomic E-state index is 0.603. The van der Waals surface area contributed by atoms with Gasteiger partial charge in [0.05, 0.1) is 0 Å². The van der Waals surface area contributed by atoms with Crippen molar-refractivity contribution in [1.82, 2.24) is 15.0 Å². The van der Waals surface area contributed by atoms with Crippen LogP contribution in [-0.4, -0.2) is 15.0 Å². The van der Waals surface area contributed by atoms with Crippen molar-refractivity contribution in [2.24, 2.45) is 5.92 Å². The van der Waals surface area contributed by atoms with Crippen LogP contribution in [0.1, 0.15) is 31.3 Å². The van der Waals surface area contributed by atoms with Crippen LogP contribution in [0.15, 0.2) is 0 Å². The molecule has 1 rings (SSSR count). The molecule has 0 fully saturated rings. The Hall–Kier alpha value is -0.990. The highest BCUT2D eigenvalue weighted by Gasteiger charge is 2.02. The van der Waals surface area contributed by atoms with E-state index in [0.717, 1.165) is 23.9 Å². The number of aryl methyl sites for hydroxylation is 2. The fourth-order valence-corrected chi connectivity index (χ4v) is 1.14. The molecule has 0 atom stereocenters. The van der Waals surface area contributed by atoms with Crippen molar-refractivity contribution < 1.29 is 0 Å². The van der Waals surface area contributed by atoms with Crippen molar-refractivity contribution in [1.29, 1.82) is 0 Å². The Bertz CT molecular complexity index is 248. The number of hydrogen-bond acceptors (Lipinski definition) is 3. The van der Waals surface area contributed by atoms with Crippen LogP contribution in [0.3, 0.4) is 0 Å². The molecule has 3 heteroatoms. The molecule has 0 radical (unpaired) electrons. The highest BCUT2D eigenvalue weighted by molar-refractivity contribution is 4.94. The van der Waals surface area contributed by atoms with Gasteiger partial charge in [-0.3, -0.25) is 0 Å². The molecular formula is C9H15N3. The Morgan fingerprint density at radius 1 is 1.00 bits per heavy atom. The SMILES string of the molecule is Cc1nc(C)nc(CC(C)C)n1. The van der Waals surface area contributed by atoms with E-state index in [0.29, 0.717) is 5.92 Å². The van der Waals surface area contributed by atoms with Crippen LogP contribution in [0, 0.1) is 19.8 Å². The Morgan fingerprint density at radius 3 is 1.92 bits per heavy atom. The van der Waals surface area contributed by atoms with Gasteiger partial charge in [-0.1, -0.05) is 13.8 Å². The van der Waals surface area contributed by atoms with Gasteiger partial charge in [0, 0.05) is 6.42 Å². The molecule has 0 spiro atoms. The number of aromatic nitrogens is 3. The van der Waals surface area contributed by atoms with Crippen molar-refractivity contribution in [2.75, 3.05) is 0 Å². The zero-order valence-corrected chi connectivity index (χ0v) is 8.13. The third-order valence-electron chi connectivity index (χ3n) is 1.50. The zero-order valence-electron chi connectivity index (χ0n) is 8.13. The third kappa shape index (κ3) is 2.57. The largest absolute Gasteiger partial charge is 0.219 e. The lowest BCUT2D eigenvalue weighted by molar-refractivity contribution is 0.611. The molecule has 12 heavy (non-hydrogen) atoms. The van der Waals surface area contributed by atoms with Crippen LogP contribution in [-0.2, 0) is 6.42 Å². The summed E-state index contributed by atoms with van der Waals surface area (Å²) in [6.45, 7) is 8.12. The summed E-state index contributed by atoms with van der Waals surface area (Å²) in [5.41, 5.74) is 0. The summed E-state index contributed by atoms with van der Waals surface area (Å²) in [6.07, 6.45) is 0.935. The smallest absolute Gasteiger partial charge is 0.132 e. The van der Waals surface area contributed by atoms with Crippen molar-refractivity contribution >= 4 is 0 Å². The normalized spacial score (nSPS) is 10.8. The van der Waals surface area contributed by atoms with E-state index in [1.54, 1.807) is 0 Å². The maximum absolute atomic E-state index is 4.25. The minimum Gasteiger partial charge on any atom is -0.219 e. The van der Waals surface area contributed by atoms with Gasteiger partial charge < -0.3 is 0 Å². The maximum atomic E-state index is 4.25. The lowest BCUT2D eigenvalue weighted by Crippen LogP contribution is -2.05. The van der Waals surface area contributed by atoms with Gasteiger partial charge >= 0.3 is 0 Å². The Labute approximate surface area is 73.3 Å². The molecule has 0 unspecified atom stereocenters. The van der Waals surface area contributed by atoms with E-state index in [4.69, 9.17) is 0 Å². The second kappa shape index (κ2) is 3.61. The van der Waals surface area contributed by atoms with Crippen LogP contribution in [0.5, 0.6) is 0 Å². The first-order valence-electron chi connectivity index (χ1n) is 4.26. The Kier molecular flexibility index (Phi) is 2.74. The molecule has 0 amide bonds. The van der Waals surface area contributed by atoms with Crippen LogP contribution < -0.4 is 0 Å². The van der Waals surface area contributed by atoms with Gasteiger partial charge in [0.15, 0.2) is 0 Å². The summed E-state index contributed by atoms with van der Waals surface area (Å²) < 4.78 is 0. The van der Waals surface area contributed by atoms with Crippen LogP contribution in [0.4, 0.5) is 0 Å². The minimum atomic E-state index is 0.603. The molecule has 0 bridgehead atoms. The number of nitrogens with zero attached hydrogens (tertiary/aromatic N) is 3. The van der Waals surface area contributed by atoms with Crippen LogP contribution >= 0.6 is 0 Å². The zero-order chi connectivity index (χ0) is 9.14. The summed E-state index contributed by atoms with van der Waals surface area (Å²) in [5, 5.41) is 0. The molecule has 66 valence electrons. The molecule has 0 aromatic carbocycles. The van der Waals surface area contributed by atoms with E-state index in [2.05, 4.69) is 28.8 Å². The first kappa shape index (κ1) is 9.10. The summed E-state index contributed by atoms with van der Waals surface area (Å²) in [6, 6.07) is 0. The van der Waals surface area contributed by atoms with Crippen molar-refractivity contribution in [2.45, 2.75) is 34.1 Å². The Balaban J connectivity index is 2.85. The highest BCUT2D eigenvalue weighted by atomic mass is 15.0. The second-order valence-electron chi connectivity index (χ2n) is 3.44.